The maximum atomic E-state index is 11.0. The van der Waals surface area contributed by atoms with Crippen molar-refractivity contribution < 1.29 is 4.92 Å². The van der Waals surface area contributed by atoms with Crippen LogP contribution in [0.25, 0.3) is 0 Å². The third kappa shape index (κ3) is 3.18. The molecule has 1 aromatic carbocycles. The molecule has 1 atom stereocenters. The van der Waals surface area contributed by atoms with Crippen molar-refractivity contribution in [2.24, 2.45) is 0 Å². The predicted octanol–water partition coefficient (Wildman–Crippen LogP) is 3.78. The number of nitro benzene ring substituents is 1. The van der Waals surface area contributed by atoms with Crippen LogP contribution in [-0.4, -0.2) is 9.91 Å². The topological polar surface area (TPSA) is 68.1 Å². The van der Waals surface area contributed by atoms with E-state index in [1.54, 1.807) is 23.5 Å². The van der Waals surface area contributed by atoms with Gasteiger partial charge in [0.25, 0.3) is 5.69 Å². The van der Waals surface area contributed by atoms with Crippen LogP contribution in [0.2, 0.25) is 0 Å². The molecule has 0 amide bonds. The number of hydrogen-bond acceptors (Lipinski definition) is 5. The molecule has 5 nitrogen and oxygen atoms in total. The monoisotopic (exact) mass is 317 g/mol. The number of rotatable bonds is 5. The van der Waals surface area contributed by atoms with E-state index in [2.05, 4.69) is 22.6 Å². The smallest absolute Gasteiger partial charge is 0.269 e. The number of nitrogens with zero attached hydrogens (tertiary/aromatic N) is 2. The van der Waals surface area contributed by atoms with Gasteiger partial charge in [-0.05, 0) is 36.8 Å². The van der Waals surface area contributed by atoms with E-state index in [0.717, 1.165) is 41.9 Å². The molecule has 1 aliphatic carbocycles. The summed E-state index contributed by atoms with van der Waals surface area (Å²) in [4.78, 5) is 15.2. The molecular formula is C16H19N3O2S. The molecule has 0 spiro atoms. The lowest BCUT2D eigenvalue weighted by molar-refractivity contribution is -0.385. The second kappa shape index (κ2) is 6.54. The van der Waals surface area contributed by atoms with E-state index in [1.165, 1.54) is 5.56 Å². The maximum absolute atomic E-state index is 11.0. The average molecular weight is 317 g/mol. The van der Waals surface area contributed by atoms with Gasteiger partial charge in [0, 0.05) is 30.1 Å². The van der Waals surface area contributed by atoms with Gasteiger partial charge in [-0.2, -0.15) is 0 Å². The van der Waals surface area contributed by atoms with Gasteiger partial charge in [0.2, 0.25) is 0 Å². The van der Waals surface area contributed by atoms with E-state index in [9.17, 15) is 10.1 Å². The Kier molecular flexibility index (Phi) is 4.49. The minimum absolute atomic E-state index is 0.175. The van der Waals surface area contributed by atoms with Crippen LogP contribution < -0.4 is 5.32 Å². The van der Waals surface area contributed by atoms with Gasteiger partial charge in [-0.15, -0.1) is 11.3 Å². The van der Waals surface area contributed by atoms with Crippen LogP contribution in [0.1, 0.15) is 47.6 Å². The van der Waals surface area contributed by atoms with Crippen molar-refractivity contribution in [1.29, 1.82) is 0 Å². The molecule has 3 rings (SSSR count). The number of nitro groups is 1. The first-order chi connectivity index (χ1) is 10.7. The zero-order valence-corrected chi connectivity index (χ0v) is 13.4. The first-order valence-electron chi connectivity index (χ1n) is 7.61. The summed E-state index contributed by atoms with van der Waals surface area (Å²) in [6.45, 7) is 2.82. The van der Waals surface area contributed by atoms with Gasteiger partial charge >= 0.3 is 0 Å². The lowest BCUT2D eigenvalue weighted by Gasteiger charge is -2.26. The van der Waals surface area contributed by atoms with Crippen LogP contribution in [0, 0.1) is 10.1 Å². The molecule has 1 aliphatic rings. The van der Waals surface area contributed by atoms with Crippen molar-refractivity contribution >= 4 is 17.0 Å². The molecule has 0 radical (unpaired) electrons. The van der Waals surface area contributed by atoms with E-state index >= 15 is 0 Å². The van der Waals surface area contributed by atoms with Gasteiger partial charge in [-0.25, -0.2) is 4.98 Å². The fourth-order valence-electron chi connectivity index (χ4n) is 2.93. The summed E-state index contributed by atoms with van der Waals surface area (Å²) in [5.74, 6) is 0. The lowest BCUT2D eigenvalue weighted by Crippen LogP contribution is -2.25. The highest BCUT2D eigenvalue weighted by atomic mass is 32.1. The maximum Gasteiger partial charge on any atom is 0.269 e. The van der Waals surface area contributed by atoms with Gasteiger partial charge < -0.3 is 5.32 Å². The van der Waals surface area contributed by atoms with E-state index in [1.807, 2.05) is 6.07 Å². The van der Waals surface area contributed by atoms with Crippen molar-refractivity contribution in [2.45, 2.75) is 45.2 Å². The third-order valence-corrected chi connectivity index (χ3v) is 5.13. The minimum atomic E-state index is -0.320. The highest BCUT2D eigenvalue weighted by Crippen LogP contribution is 2.32. The Morgan fingerprint density at radius 1 is 1.50 bits per heavy atom. The van der Waals surface area contributed by atoms with Crippen molar-refractivity contribution in [3.05, 3.63) is 55.5 Å². The van der Waals surface area contributed by atoms with Crippen LogP contribution in [-0.2, 0) is 19.4 Å². The molecule has 6 heteroatoms. The first-order valence-corrected chi connectivity index (χ1v) is 8.49. The molecule has 1 heterocycles. The highest BCUT2D eigenvalue weighted by Gasteiger charge is 2.22. The zero-order valence-electron chi connectivity index (χ0n) is 12.5. The molecule has 116 valence electrons. The van der Waals surface area contributed by atoms with Crippen molar-refractivity contribution in [3.63, 3.8) is 0 Å². The van der Waals surface area contributed by atoms with Gasteiger partial charge in [0.1, 0.15) is 0 Å². The minimum Gasteiger partial charge on any atom is -0.304 e. The highest BCUT2D eigenvalue weighted by molar-refractivity contribution is 7.09. The Morgan fingerprint density at radius 2 is 2.36 bits per heavy atom. The average Bonchev–Trinajstić information content (AvgIpc) is 3.00. The zero-order chi connectivity index (χ0) is 15.5. The fourth-order valence-corrected chi connectivity index (χ4v) is 3.68. The Labute approximate surface area is 133 Å². The van der Waals surface area contributed by atoms with E-state index < -0.39 is 0 Å². The SMILES string of the molecule is CCc1nc(CN[C@H]2CCCc3ccc([N+](=O)[O-])cc32)cs1. The first kappa shape index (κ1) is 15.1. The standard InChI is InChI=1S/C16H19N3O2S/c1-2-16-18-12(10-22-16)9-17-15-5-3-4-11-6-7-13(19(20)21)8-14(11)15/h6-8,10,15,17H,2-5,9H2,1H3/t15-/m0/s1. The van der Waals surface area contributed by atoms with Crippen molar-refractivity contribution in [2.75, 3.05) is 0 Å². The molecule has 0 saturated carbocycles. The normalized spacial score (nSPS) is 17.2. The summed E-state index contributed by atoms with van der Waals surface area (Å²) >= 11 is 1.69. The molecule has 1 N–H and O–H groups in total. The summed E-state index contributed by atoms with van der Waals surface area (Å²) in [5, 5.41) is 17.7. The number of benzene rings is 1. The van der Waals surface area contributed by atoms with E-state index in [0.29, 0.717) is 6.54 Å². The number of nitrogens with one attached hydrogen (secondary N) is 1. The predicted molar refractivity (Wildman–Crippen MR) is 87.1 cm³/mol. The second-order valence-corrected chi connectivity index (χ2v) is 6.49. The van der Waals surface area contributed by atoms with Gasteiger partial charge in [-0.3, -0.25) is 10.1 Å². The lowest BCUT2D eigenvalue weighted by atomic mass is 9.87. The molecular weight excluding hydrogens is 298 g/mol. The second-order valence-electron chi connectivity index (χ2n) is 5.55. The summed E-state index contributed by atoms with van der Waals surface area (Å²) in [7, 11) is 0. The van der Waals surface area contributed by atoms with Crippen LogP contribution in [0.15, 0.2) is 23.6 Å². The van der Waals surface area contributed by atoms with Crippen molar-refractivity contribution in [3.8, 4) is 0 Å². The Balaban J connectivity index is 1.75. The summed E-state index contributed by atoms with van der Waals surface area (Å²) in [6, 6.07) is 5.41. The number of fused-ring (bicyclic) bond motifs is 1. The Bertz CT molecular complexity index is 684. The van der Waals surface area contributed by atoms with E-state index in [4.69, 9.17) is 0 Å². The number of non-ortho nitro benzene ring substituents is 1. The molecule has 0 saturated heterocycles. The molecule has 22 heavy (non-hydrogen) atoms. The van der Waals surface area contributed by atoms with Gasteiger partial charge in [0.05, 0.1) is 15.6 Å². The Morgan fingerprint density at radius 3 is 3.09 bits per heavy atom. The molecule has 0 aliphatic heterocycles. The number of aromatic nitrogens is 1. The van der Waals surface area contributed by atoms with Gasteiger partial charge in [-0.1, -0.05) is 13.0 Å². The number of hydrogen-bond donors (Lipinski definition) is 1. The quantitative estimate of drug-likeness (QED) is 0.673. The Hall–Kier alpha value is -1.79. The van der Waals surface area contributed by atoms with Crippen LogP contribution in [0.4, 0.5) is 5.69 Å². The fraction of sp³-hybridized carbons (Fsp3) is 0.438. The molecule has 2 aromatic rings. The largest absolute Gasteiger partial charge is 0.304 e. The van der Waals surface area contributed by atoms with Crippen LogP contribution >= 0.6 is 11.3 Å². The molecule has 1 aromatic heterocycles. The number of thiazole rings is 1. The third-order valence-electron chi connectivity index (χ3n) is 4.09. The summed E-state index contributed by atoms with van der Waals surface area (Å²) < 4.78 is 0. The number of aryl methyl sites for hydroxylation is 2. The molecule has 0 bridgehead atoms. The molecule has 0 fully saturated rings. The van der Waals surface area contributed by atoms with E-state index in [-0.39, 0.29) is 16.7 Å². The summed E-state index contributed by atoms with van der Waals surface area (Å²) in [6.07, 6.45) is 4.09. The van der Waals surface area contributed by atoms with Crippen molar-refractivity contribution in [1.82, 2.24) is 10.3 Å². The van der Waals surface area contributed by atoms with Gasteiger partial charge in [0.15, 0.2) is 0 Å². The summed E-state index contributed by atoms with van der Waals surface area (Å²) in [5.41, 5.74) is 3.53. The molecule has 0 unspecified atom stereocenters. The van der Waals surface area contributed by atoms with Crippen LogP contribution in [0.5, 0.6) is 0 Å². The van der Waals surface area contributed by atoms with Crippen LogP contribution in [0.3, 0.4) is 0 Å².